The molecule has 1 aromatic rings. The first kappa shape index (κ1) is 11.6. The Balaban J connectivity index is 2.12. The average molecular weight is 283 g/mol. The van der Waals surface area contributed by atoms with E-state index < -0.39 is 0 Å². The Kier molecular flexibility index (Phi) is 3.64. The summed E-state index contributed by atoms with van der Waals surface area (Å²) in [6.07, 6.45) is 5.14. The highest BCUT2D eigenvalue weighted by atomic mass is 79.9. The number of ether oxygens (including phenoxy) is 1. The largest absolute Gasteiger partial charge is 0.489 e. The molecule has 0 N–H and O–H groups in total. The molecule has 1 fully saturated rings. The van der Waals surface area contributed by atoms with Gasteiger partial charge in [-0.05, 0) is 66.7 Å². The van der Waals surface area contributed by atoms with Gasteiger partial charge in [-0.2, -0.15) is 0 Å². The molecule has 0 amide bonds. The van der Waals surface area contributed by atoms with E-state index in [0.717, 1.165) is 23.1 Å². The second-order valence-electron chi connectivity index (χ2n) is 4.23. The summed E-state index contributed by atoms with van der Waals surface area (Å²) in [5.74, 6) is 0.921. The molecule has 0 atom stereocenters. The maximum absolute atomic E-state index is 11.2. The molecule has 0 aromatic heterocycles. The molecule has 0 bridgehead atoms. The second kappa shape index (κ2) is 5.00. The minimum Gasteiger partial charge on any atom is -0.489 e. The van der Waals surface area contributed by atoms with E-state index in [1.54, 1.807) is 6.92 Å². The van der Waals surface area contributed by atoms with Gasteiger partial charge in [0, 0.05) is 5.56 Å². The summed E-state index contributed by atoms with van der Waals surface area (Å²) in [6, 6.07) is 5.52. The van der Waals surface area contributed by atoms with Crippen molar-refractivity contribution in [1.29, 1.82) is 0 Å². The minimum atomic E-state index is 0.0770. The molecule has 0 radical (unpaired) electrons. The van der Waals surface area contributed by atoms with Crippen LogP contribution in [-0.2, 0) is 0 Å². The van der Waals surface area contributed by atoms with Crippen LogP contribution in [0.15, 0.2) is 22.7 Å². The maximum Gasteiger partial charge on any atom is 0.159 e. The topological polar surface area (TPSA) is 26.3 Å². The normalized spacial score (nSPS) is 16.4. The van der Waals surface area contributed by atoms with Gasteiger partial charge in [0.25, 0.3) is 0 Å². The Morgan fingerprint density at radius 3 is 2.62 bits per heavy atom. The Morgan fingerprint density at radius 1 is 1.38 bits per heavy atom. The summed E-state index contributed by atoms with van der Waals surface area (Å²) >= 11 is 3.45. The van der Waals surface area contributed by atoms with Gasteiger partial charge < -0.3 is 4.74 Å². The van der Waals surface area contributed by atoms with Crippen LogP contribution in [0.2, 0.25) is 0 Å². The average Bonchev–Trinajstić information content (AvgIpc) is 2.73. The van der Waals surface area contributed by atoms with Crippen molar-refractivity contribution in [3.63, 3.8) is 0 Å². The van der Waals surface area contributed by atoms with Crippen LogP contribution in [0.3, 0.4) is 0 Å². The van der Waals surface area contributed by atoms with E-state index in [4.69, 9.17) is 4.74 Å². The predicted octanol–water partition coefficient (Wildman–Crippen LogP) is 3.97. The minimum absolute atomic E-state index is 0.0770. The third-order valence-corrected chi connectivity index (χ3v) is 3.55. The summed E-state index contributed by atoms with van der Waals surface area (Å²) < 4.78 is 6.75. The van der Waals surface area contributed by atoms with Crippen LogP contribution in [0.4, 0.5) is 0 Å². The van der Waals surface area contributed by atoms with E-state index in [9.17, 15) is 4.79 Å². The van der Waals surface area contributed by atoms with Crippen molar-refractivity contribution < 1.29 is 9.53 Å². The summed E-state index contributed by atoms with van der Waals surface area (Å²) in [7, 11) is 0. The van der Waals surface area contributed by atoms with Crippen LogP contribution in [0.25, 0.3) is 0 Å². The summed E-state index contributed by atoms with van der Waals surface area (Å²) in [4.78, 5) is 11.2. The number of ketones is 1. The third-order valence-electron chi connectivity index (χ3n) is 2.93. The van der Waals surface area contributed by atoms with Gasteiger partial charge in [0.2, 0.25) is 0 Å². The molecule has 1 aliphatic carbocycles. The quantitative estimate of drug-likeness (QED) is 0.784. The van der Waals surface area contributed by atoms with Crippen molar-refractivity contribution in [2.75, 3.05) is 0 Å². The highest BCUT2D eigenvalue weighted by molar-refractivity contribution is 9.10. The number of benzene rings is 1. The Morgan fingerprint density at radius 2 is 2.06 bits per heavy atom. The van der Waals surface area contributed by atoms with Crippen molar-refractivity contribution in [2.45, 2.75) is 38.7 Å². The van der Waals surface area contributed by atoms with Gasteiger partial charge in [0.05, 0.1) is 10.6 Å². The molecule has 86 valence electrons. The molecule has 2 nitrogen and oxygen atoms in total. The fraction of sp³-hybridized carbons (Fsp3) is 0.462. The van der Waals surface area contributed by atoms with E-state index in [1.807, 2.05) is 18.2 Å². The molecule has 1 aromatic carbocycles. The number of halogens is 1. The molecule has 0 spiro atoms. The molecular formula is C13H15BrO2. The zero-order chi connectivity index (χ0) is 11.5. The predicted molar refractivity (Wildman–Crippen MR) is 67.0 cm³/mol. The van der Waals surface area contributed by atoms with Gasteiger partial charge in [0.1, 0.15) is 5.75 Å². The number of carbonyl (C=O) groups excluding carboxylic acids is 1. The zero-order valence-corrected chi connectivity index (χ0v) is 10.9. The Bertz CT molecular complexity index is 395. The first-order valence-electron chi connectivity index (χ1n) is 5.64. The SMILES string of the molecule is CC(=O)c1ccc(OC2CCCC2)c(Br)c1. The van der Waals surface area contributed by atoms with Crippen LogP contribution in [0.5, 0.6) is 5.75 Å². The van der Waals surface area contributed by atoms with Crippen molar-refractivity contribution in [3.8, 4) is 5.75 Å². The van der Waals surface area contributed by atoms with Crippen molar-refractivity contribution in [2.24, 2.45) is 0 Å². The summed E-state index contributed by atoms with van der Waals surface area (Å²) in [5, 5.41) is 0. The monoisotopic (exact) mass is 282 g/mol. The van der Waals surface area contributed by atoms with Gasteiger partial charge in [-0.25, -0.2) is 0 Å². The van der Waals surface area contributed by atoms with Crippen molar-refractivity contribution in [1.82, 2.24) is 0 Å². The first-order valence-corrected chi connectivity index (χ1v) is 6.43. The fourth-order valence-corrected chi connectivity index (χ4v) is 2.47. The fourth-order valence-electron chi connectivity index (χ4n) is 2.00. The zero-order valence-electron chi connectivity index (χ0n) is 9.33. The van der Waals surface area contributed by atoms with Crippen LogP contribution in [0, 0.1) is 0 Å². The highest BCUT2D eigenvalue weighted by Gasteiger charge is 2.17. The van der Waals surface area contributed by atoms with E-state index in [-0.39, 0.29) is 5.78 Å². The lowest BCUT2D eigenvalue weighted by atomic mass is 10.1. The van der Waals surface area contributed by atoms with E-state index >= 15 is 0 Å². The van der Waals surface area contributed by atoms with Crippen LogP contribution in [-0.4, -0.2) is 11.9 Å². The van der Waals surface area contributed by atoms with Gasteiger partial charge in [-0.1, -0.05) is 0 Å². The molecule has 1 aliphatic rings. The number of rotatable bonds is 3. The summed E-state index contributed by atoms with van der Waals surface area (Å²) in [5.41, 5.74) is 0.714. The van der Waals surface area contributed by atoms with Gasteiger partial charge in [-0.15, -0.1) is 0 Å². The molecule has 0 unspecified atom stereocenters. The van der Waals surface area contributed by atoms with Crippen LogP contribution >= 0.6 is 15.9 Å². The number of Topliss-reactive ketones (excluding diaryl/α,β-unsaturated/α-hetero) is 1. The molecule has 16 heavy (non-hydrogen) atoms. The van der Waals surface area contributed by atoms with E-state index in [2.05, 4.69) is 15.9 Å². The second-order valence-corrected chi connectivity index (χ2v) is 5.08. The first-order chi connectivity index (χ1) is 7.66. The molecule has 0 heterocycles. The lowest BCUT2D eigenvalue weighted by Gasteiger charge is -2.14. The summed E-state index contributed by atoms with van der Waals surface area (Å²) in [6.45, 7) is 1.57. The molecule has 0 saturated heterocycles. The highest BCUT2D eigenvalue weighted by Crippen LogP contribution is 2.30. The lowest BCUT2D eigenvalue weighted by Crippen LogP contribution is -2.11. The van der Waals surface area contributed by atoms with Gasteiger partial charge >= 0.3 is 0 Å². The smallest absolute Gasteiger partial charge is 0.159 e. The van der Waals surface area contributed by atoms with E-state index in [1.165, 1.54) is 12.8 Å². The standard InChI is InChI=1S/C13H15BrO2/c1-9(15)10-6-7-13(12(14)8-10)16-11-4-2-3-5-11/h6-8,11H,2-5H2,1H3. The molecule has 0 aliphatic heterocycles. The Hall–Kier alpha value is -0.830. The molecule has 1 saturated carbocycles. The van der Waals surface area contributed by atoms with Gasteiger partial charge in [-0.3, -0.25) is 4.79 Å². The number of hydrogen-bond acceptors (Lipinski definition) is 2. The number of carbonyl (C=O) groups is 1. The van der Waals surface area contributed by atoms with Crippen LogP contribution < -0.4 is 4.74 Å². The molecular weight excluding hydrogens is 268 g/mol. The van der Waals surface area contributed by atoms with Crippen molar-refractivity contribution in [3.05, 3.63) is 28.2 Å². The molecule has 2 rings (SSSR count). The third kappa shape index (κ3) is 2.64. The van der Waals surface area contributed by atoms with E-state index in [0.29, 0.717) is 11.7 Å². The lowest BCUT2D eigenvalue weighted by molar-refractivity contribution is 0.101. The number of hydrogen-bond donors (Lipinski definition) is 0. The van der Waals surface area contributed by atoms with Crippen molar-refractivity contribution >= 4 is 21.7 Å². The Labute approximate surface area is 104 Å². The van der Waals surface area contributed by atoms with Gasteiger partial charge in [0.15, 0.2) is 5.78 Å². The maximum atomic E-state index is 11.2. The molecule has 3 heteroatoms. The van der Waals surface area contributed by atoms with Crippen LogP contribution in [0.1, 0.15) is 43.0 Å².